The maximum Gasteiger partial charge on any atom is 0.234 e. The molecule has 7 nitrogen and oxygen atoms in total. The molecule has 3 fully saturated rings. The van der Waals surface area contributed by atoms with Gasteiger partial charge in [0, 0.05) is 38.8 Å². The van der Waals surface area contributed by atoms with Crippen molar-refractivity contribution in [2.24, 2.45) is 5.92 Å². The molecule has 0 unspecified atom stereocenters. The lowest BCUT2D eigenvalue weighted by molar-refractivity contribution is -0.124. The van der Waals surface area contributed by atoms with Crippen LogP contribution in [-0.4, -0.2) is 93.1 Å². The van der Waals surface area contributed by atoms with Gasteiger partial charge in [-0.2, -0.15) is 0 Å². The molecule has 2 heterocycles. The van der Waals surface area contributed by atoms with E-state index in [-0.39, 0.29) is 29.1 Å². The van der Waals surface area contributed by atoms with Gasteiger partial charge >= 0.3 is 0 Å². The molecule has 0 aromatic rings. The third-order valence-electron chi connectivity index (χ3n) is 5.98. The van der Waals surface area contributed by atoms with E-state index in [4.69, 9.17) is 4.74 Å². The number of amides is 1. The molecule has 0 bridgehead atoms. The monoisotopic (exact) mass is 401 g/mol. The molecule has 1 saturated carbocycles. The van der Waals surface area contributed by atoms with Crippen LogP contribution in [0.25, 0.3) is 0 Å². The third-order valence-corrected chi connectivity index (χ3v) is 8.20. The first-order chi connectivity index (χ1) is 12.8. The summed E-state index contributed by atoms with van der Waals surface area (Å²) >= 11 is 0. The van der Waals surface area contributed by atoms with Crippen molar-refractivity contribution in [1.82, 2.24) is 15.1 Å². The highest BCUT2D eigenvalue weighted by Crippen LogP contribution is 2.31. The normalized spacial score (nSPS) is 32.2. The van der Waals surface area contributed by atoms with Crippen LogP contribution >= 0.6 is 0 Å². The van der Waals surface area contributed by atoms with Crippen molar-refractivity contribution in [1.29, 1.82) is 0 Å². The standard InChI is InChI=1S/C19H35N3O4S/c1-15(2)12-21-7-9-26-16(13-21)11-20-19(23)14-22-8-10-27(24,25)18-6-4-3-5-17(18)22/h15-18H,3-14H2,1-2H3,(H,20,23)/t16-,17+,18+/m1/s1. The molecule has 1 aliphatic carbocycles. The average molecular weight is 402 g/mol. The molecule has 2 aliphatic heterocycles. The highest BCUT2D eigenvalue weighted by molar-refractivity contribution is 7.92. The first-order valence-electron chi connectivity index (χ1n) is 10.4. The summed E-state index contributed by atoms with van der Waals surface area (Å²) in [6.07, 6.45) is 3.69. The van der Waals surface area contributed by atoms with Gasteiger partial charge in [-0.25, -0.2) is 8.42 Å². The predicted molar refractivity (Wildman–Crippen MR) is 105 cm³/mol. The lowest BCUT2D eigenvalue weighted by Gasteiger charge is -2.43. The summed E-state index contributed by atoms with van der Waals surface area (Å²) in [6.45, 7) is 9.28. The first kappa shape index (κ1) is 21.0. The molecule has 0 radical (unpaired) electrons. The van der Waals surface area contributed by atoms with Crippen LogP contribution in [0.4, 0.5) is 0 Å². The third kappa shape index (κ3) is 5.65. The summed E-state index contributed by atoms with van der Waals surface area (Å²) in [6, 6.07) is 0.00992. The zero-order valence-corrected chi connectivity index (χ0v) is 17.5. The second kappa shape index (κ2) is 9.20. The van der Waals surface area contributed by atoms with E-state index in [1.807, 2.05) is 0 Å². The molecule has 27 heavy (non-hydrogen) atoms. The Morgan fingerprint density at radius 1 is 1.22 bits per heavy atom. The fraction of sp³-hybridized carbons (Fsp3) is 0.947. The summed E-state index contributed by atoms with van der Waals surface area (Å²) in [5.74, 6) is 0.775. The number of ether oxygens (including phenoxy) is 1. The van der Waals surface area contributed by atoms with Crippen molar-refractivity contribution >= 4 is 15.7 Å². The van der Waals surface area contributed by atoms with Gasteiger partial charge in [-0.15, -0.1) is 0 Å². The van der Waals surface area contributed by atoms with Gasteiger partial charge in [0.15, 0.2) is 9.84 Å². The number of carbonyl (C=O) groups is 1. The first-order valence-corrected chi connectivity index (χ1v) is 12.1. The van der Waals surface area contributed by atoms with Crippen LogP contribution in [0.5, 0.6) is 0 Å². The van der Waals surface area contributed by atoms with E-state index >= 15 is 0 Å². The number of nitrogens with zero attached hydrogens (tertiary/aromatic N) is 2. The van der Waals surface area contributed by atoms with Crippen molar-refractivity contribution in [3.63, 3.8) is 0 Å². The Balaban J connectivity index is 1.46. The number of rotatable bonds is 6. The molecule has 156 valence electrons. The summed E-state index contributed by atoms with van der Waals surface area (Å²) in [4.78, 5) is 17.0. The molecule has 0 aromatic carbocycles. The van der Waals surface area contributed by atoms with Gasteiger partial charge in [0.05, 0.1) is 30.3 Å². The van der Waals surface area contributed by atoms with Gasteiger partial charge in [-0.3, -0.25) is 14.6 Å². The average Bonchev–Trinajstić information content (AvgIpc) is 2.62. The Morgan fingerprint density at radius 2 is 2.00 bits per heavy atom. The van der Waals surface area contributed by atoms with E-state index in [1.54, 1.807) is 0 Å². The highest BCUT2D eigenvalue weighted by atomic mass is 32.2. The van der Waals surface area contributed by atoms with Crippen LogP contribution in [-0.2, 0) is 19.4 Å². The molecule has 3 aliphatic rings. The molecule has 0 aromatic heterocycles. The maximum absolute atomic E-state index is 12.5. The quantitative estimate of drug-likeness (QED) is 0.698. The van der Waals surface area contributed by atoms with Crippen LogP contribution < -0.4 is 5.32 Å². The number of morpholine rings is 1. The molecule has 8 heteroatoms. The van der Waals surface area contributed by atoms with E-state index in [1.165, 1.54) is 0 Å². The number of hydrogen-bond acceptors (Lipinski definition) is 6. The fourth-order valence-corrected chi connectivity index (χ4v) is 6.83. The number of sulfone groups is 1. The largest absolute Gasteiger partial charge is 0.374 e. The Morgan fingerprint density at radius 3 is 2.78 bits per heavy atom. The molecule has 3 atom stereocenters. The Labute approximate surface area is 163 Å². The Hall–Kier alpha value is -0.700. The van der Waals surface area contributed by atoms with Gasteiger partial charge in [-0.1, -0.05) is 26.7 Å². The van der Waals surface area contributed by atoms with Crippen molar-refractivity contribution in [2.75, 3.05) is 51.6 Å². The Bertz CT molecular complexity index is 610. The zero-order chi connectivity index (χ0) is 19.4. The van der Waals surface area contributed by atoms with Gasteiger partial charge in [0.1, 0.15) is 0 Å². The topological polar surface area (TPSA) is 79.0 Å². The SMILES string of the molecule is CC(C)CN1CCO[C@H](CNC(=O)CN2CCS(=O)(=O)[C@H]3CCCC[C@@H]32)C1. The van der Waals surface area contributed by atoms with E-state index in [0.29, 0.717) is 32.2 Å². The highest BCUT2D eigenvalue weighted by Gasteiger charge is 2.42. The summed E-state index contributed by atoms with van der Waals surface area (Å²) in [7, 11) is -3.00. The number of carbonyl (C=O) groups excluding carboxylic acids is 1. The van der Waals surface area contributed by atoms with Crippen molar-refractivity contribution in [3.8, 4) is 0 Å². The van der Waals surface area contributed by atoms with E-state index in [9.17, 15) is 13.2 Å². The van der Waals surface area contributed by atoms with E-state index in [2.05, 4.69) is 29.0 Å². The van der Waals surface area contributed by atoms with Crippen molar-refractivity contribution in [2.45, 2.75) is 56.9 Å². The minimum atomic E-state index is -3.00. The van der Waals surface area contributed by atoms with Crippen LogP contribution in [0, 0.1) is 5.92 Å². The van der Waals surface area contributed by atoms with Gasteiger partial charge in [0.2, 0.25) is 5.91 Å². The minimum absolute atomic E-state index is 0.00992. The lowest BCUT2D eigenvalue weighted by Crippen LogP contribution is -2.58. The summed E-state index contributed by atoms with van der Waals surface area (Å²) < 4.78 is 30.5. The Kier molecular flexibility index (Phi) is 7.16. The van der Waals surface area contributed by atoms with Crippen LogP contribution in [0.2, 0.25) is 0 Å². The van der Waals surface area contributed by atoms with Gasteiger partial charge in [0.25, 0.3) is 0 Å². The van der Waals surface area contributed by atoms with Crippen molar-refractivity contribution < 1.29 is 17.9 Å². The number of hydrogen-bond donors (Lipinski definition) is 1. The molecular weight excluding hydrogens is 366 g/mol. The summed E-state index contributed by atoms with van der Waals surface area (Å²) in [5, 5.41) is 2.73. The van der Waals surface area contributed by atoms with Gasteiger partial charge in [-0.05, 0) is 18.8 Å². The zero-order valence-electron chi connectivity index (χ0n) is 16.7. The summed E-state index contributed by atoms with van der Waals surface area (Å²) in [5.41, 5.74) is 0. The predicted octanol–water partition coefficient (Wildman–Crippen LogP) is 0.501. The molecule has 1 amide bonds. The minimum Gasteiger partial charge on any atom is -0.374 e. The molecular formula is C19H35N3O4S. The van der Waals surface area contributed by atoms with Crippen LogP contribution in [0.15, 0.2) is 0 Å². The van der Waals surface area contributed by atoms with E-state index in [0.717, 1.165) is 45.3 Å². The lowest BCUT2D eigenvalue weighted by atomic mass is 9.93. The maximum atomic E-state index is 12.5. The molecule has 1 N–H and O–H groups in total. The van der Waals surface area contributed by atoms with Crippen LogP contribution in [0.1, 0.15) is 39.5 Å². The van der Waals surface area contributed by atoms with Crippen molar-refractivity contribution in [3.05, 3.63) is 0 Å². The molecule has 2 saturated heterocycles. The second-order valence-corrected chi connectivity index (χ2v) is 11.0. The van der Waals surface area contributed by atoms with Crippen LogP contribution in [0.3, 0.4) is 0 Å². The number of fused-ring (bicyclic) bond motifs is 1. The van der Waals surface area contributed by atoms with Gasteiger partial charge < -0.3 is 10.1 Å². The smallest absolute Gasteiger partial charge is 0.234 e. The van der Waals surface area contributed by atoms with E-state index < -0.39 is 9.84 Å². The number of nitrogens with one attached hydrogen (secondary N) is 1. The molecule has 0 spiro atoms. The fourth-order valence-electron chi connectivity index (χ4n) is 4.73. The molecule has 3 rings (SSSR count). The second-order valence-electron chi connectivity index (χ2n) is 8.68.